The van der Waals surface area contributed by atoms with E-state index in [2.05, 4.69) is 26.6 Å². The fourth-order valence-corrected chi connectivity index (χ4v) is 14.7. The van der Waals surface area contributed by atoms with Crippen molar-refractivity contribution >= 4 is 29.5 Å². The lowest BCUT2D eigenvalue weighted by molar-refractivity contribution is -0.396. The van der Waals surface area contributed by atoms with Crippen molar-refractivity contribution in [3.63, 3.8) is 0 Å². The topological polar surface area (TPSA) is 768 Å². The Morgan fingerprint density at radius 2 is 0.544 bits per heavy atom. The molecule has 0 bridgehead atoms. The Kier molecular flexibility index (Phi) is 33.6. The molecule has 9 fully saturated rings. The molecule has 28 N–H and O–H groups in total. The van der Waals surface area contributed by atoms with Gasteiger partial charge in [-0.05, 0) is 6.92 Å². The first-order valence-electron chi connectivity index (χ1n) is 36.5. The molecule has 9 aliphatic heterocycles. The highest BCUT2D eigenvalue weighted by Gasteiger charge is 2.61. The van der Waals surface area contributed by atoms with E-state index in [1.54, 1.807) is 0 Å². The van der Waals surface area contributed by atoms with Crippen LogP contribution in [0.25, 0.3) is 0 Å². The van der Waals surface area contributed by atoms with Gasteiger partial charge in [-0.3, -0.25) is 24.0 Å². The molecule has 0 spiro atoms. The van der Waals surface area contributed by atoms with Gasteiger partial charge in [0.15, 0.2) is 56.6 Å². The van der Waals surface area contributed by atoms with Crippen LogP contribution in [-0.2, 0) is 104 Å². The summed E-state index contributed by atoms with van der Waals surface area (Å²) in [5, 5.41) is 269. The van der Waals surface area contributed by atoms with Crippen molar-refractivity contribution < 1.29 is 222 Å². The molecule has 0 aliphatic carbocycles. The third-order valence-electron chi connectivity index (χ3n) is 20.7. The quantitative estimate of drug-likeness (QED) is 0.0331. The maximum Gasteiger partial charge on any atom is 0.217 e. The number of aliphatic hydroxyl groups is 23. The van der Waals surface area contributed by atoms with Crippen LogP contribution in [0.5, 0.6) is 0 Å². The summed E-state index contributed by atoms with van der Waals surface area (Å²) in [6.45, 7) is -2.37. The lowest BCUT2D eigenvalue weighted by Crippen LogP contribution is -2.71. The summed E-state index contributed by atoms with van der Waals surface area (Å²) in [6.07, 6.45) is -81.1. The Morgan fingerprint density at radius 3 is 0.956 bits per heavy atom. The number of carbonyl (C=O) groups excluding carboxylic acids is 5. The van der Waals surface area contributed by atoms with Crippen molar-refractivity contribution in [2.24, 2.45) is 0 Å². The zero-order valence-corrected chi connectivity index (χ0v) is 61.9. The standard InChI is InChI=1S/C64H107N5O45/c1-15-34(81)45(92)48(95)61(100-15)98-14-28-52(42(89)29(56(97)101-28)65-16(2)76)110-59-32(68-19(5)79)44(91)51(26(12-75)106-59)111-62-49(96)53(112-64-55(47(94)38(85)24(10-73)105-64)114-58-31(67-18(4)78)41(88)36(83)22(8-71)103-58)39(86)27(108-62)13-99-63-54(46(93)37(84)23(9-72)104-63)113-60-33(69-20(6)80)43(90)50(25(11-74)107-60)109-57-30(66-17(3)77)40(87)35(82)21(7-70)102-57/h15,21-64,70-75,81-97H,7-14H2,1-6H3,(H,65,76)(H,66,77)(H,67,78)(H,68,79)(H,69,80)/t15-,21+,22+,23+,24+,25+,26+,27+,28+,29+,30+,31-,32+,33+,34+,35-,36+,37+,38+,39+,40+,41+,42+,43+,44+,45+,46-,47-,48-,49-,50+,51+,52+,53-,54-,55-,56?,57-,58-,59-,60-,61+,62-,63-,64+/m0/s1. The summed E-state index contributed by atoms with van der Waals surface area (Å²) in [5.74, 6) is -4.39. The van der Waals surface area contributed by atoms with Crippen LogP contribution in [0.1, 0.15) is 41.5 Å². The summed E-state index contributed by atoms with van der Waals surface area (Å²) in [4.78, 5) is 63.4. The number of nitrogens with one attached hydrogen (secondary N) is 5. The maximum atomic E-state index is 13.2. The van der Waals surface area contributed by atoms with Gasteiger partial charge in [-0.1, -0.05) is 0 Å². The van der Waals surface area contributed by atoms with E-state index >= 15 is 0 Å². The van der Waals surface area contributed by atoms with Crippen molar-refractivity contribution in [1.82, 2.24) is 26.6 Å². The molecule has 50 nitrogen and oxygen atoms in total. The molecule has 0 aromatic carbocycles. The van der Waals surface area contributed by atoms with Crippen LogP contribution < -0.4 is 26.6 Å². The molecule has 50 heteroatoms. The van der Waals surface area contributed by atoms with E-state index in [-0.39, 0.29) is 0 Å². The van der Waals surface area contributed by atoms with Gasteiger partial charge in [0.25, 0.3) is 0 Å². The molecule has 9 saturated heterocycles. The highest BCUT2D eigenvalue weighted by molar-refractivity contribution is 5.75. The smallest absolute Gasteiger partial charge is 0.217 e. The number of ether oxygens (including phenoxy) is 17. The monoisotopic (exact) mass is 1670 g/mol. The summed E-state index contributed by atoms with van der Waals surface area (Å²) in [5.41, 5.74) is 0. The van der Waals surface area contributed by atoms with Gasteiger partial charge in [0.1, 0.15) is 213 Å². The first-order chi connectivity index (χ1) is 53.8. The highest BCUT2D eigenvalue weighted by atomic mass is 16.8. The normalized spacial score (nSPS) is 48.2. The fraction of sp³-hybridized carbons (Fsp3) is 0.922. The minimum atomic E-state index is -2.56. The second-order valence-corrected chi connectivity index (χ2v) is 28.9. The van der Waals surface area contributed by atoms with Crippen LogP contribution in [-0.4, -0.2) is 476 Å². The Bertz CT molecular complexity index is 3080. The molecule has 0 saturated carbocycles. The van der Waals surface area contributed by atoms with Gasteiger partial charge in [-0.25, -0.2) is 0 Å². The lowest BCUT2D eigenvalue weighted by Gasteiger charge is -2.51. The van der Waals surface area contributed by atoms with Crippen LogP contribution in [0.4, 0.5) is 0 Å². The molecule has 9 rings (SSSR count). The van der Waals surface area contributed by atoms with Gasteiger partial charge in [0.2, 0.25) is 29.5 Å². The number of amides is 5. The van der Waals surface area contributed by atoms with Crippen LogP contribution >= 0.6 is 0 Å². The number of hydrogen-bond acceptors (Lipinski definition) is 45. The number of aliphatic hydroxyl groups excluding tert-OH is 23. The van der Waals surface area contributed by atoms with E-state index < -0.39 is 358 Å². The van der Waals surface area contributed by atoms with Crippen molar-refractivity contribution in [3.05, 3.63) is 0 Å². The second-order valence-electron chi connectivity index (χ2n) is 28.9. The van der Waals surface area contributed by atoms with E-state index in [9.17, 15) is 141 Å². The third-order valence-corrected chi connectivity index (χ3v) is 20.7. The lowest BCUT2D eigenvalue weighted by atomic mass is 9.93. The Morgan fingerprint density at radius 1 is 0.246 bits per heavy atom. The van der Waals surface area contributed by atoms with Gasteiger partial charge in [-0.15, -0.1) is 0 Å². The van der Waals surface area contributed by atoms with Gasteiger partial charge in [-0.2, -0.15) is 0 Å². The highest BCUT2D eigenvalue weighted by Crippen LogP contribution is 2.40. The molecule has 114 heavy (non-hydrogen) atoms. The number of rotatable bonds is 29. The van der Waals surface area contributed by atoms with E-state index in [0.717, 1.165) is 34.6 Å². The molecular weight excluding hydrogens is 1560 g/mol. The largest absolute Gasteiger partial charge is 0.394 e. The zero-order chi connectivity index (χ0) is 84.1. The van der Waals surface area contributed by atoms with E-state index in [1.807, 2.05) is 0 Å². The zero-order valence-electron chi connectivity index (χ0n) is 61.9. The van der Waals surface area contributed by atoms with Crippen LogP contribution in [0.2, 0.25) is 0 Å². The molecule has 1 unspecified atom stereocenters. The molecule has 0 aromatic rings. The van der Waals surface area contributed by atoms with E-state index in [1.165, 1.54) is 6.92 Å². The fourth-order valence-electron chi connectivity index (χ4n) is 14.7. The van der Waals surface area contributed by atoms with Gasteiger partial charge < -0.3 is 225 Å². The SMILES string of the molecule is CC(=O)N[C@@H]1[C@H](O[C@@H]2[C@@H](O[C@@H]3[C@H](O)[C@H](O[C@H]4[C@H](O)[C@@H](NC(C)=O)[C@H](O[C@H]5[C@H](O)[C@@H](NC(C)=O)C(O)O[C@@H]5CO[C@@H]5O[C@@H](C)[C@@H](O)[C@@H](O)[C@@H]5O)O[C@@H]4CO)O[C@H](CO[C@H]4O[C@H](CO)[C@@H](O)[C@H](O)[C@@H]4O[C@@H]4O[C@H](CO)[C@@H](O[C@@H]5O[C@H](CO)[C@H](O)[C@H](O)[C@H]5NC(C)=O)[C@H](O)[C@H]4NC(C)=O)[C@H]3O)O[C@H](CO)[C@@H](O)[C@@H]2O)O[C@H](CO)[C@@H](O)[C@@H]1O. The molecule has 9 heterocycles. The molecule has 45 atom stereocenters. The minimum absolute atomic E-state index is 0.795. The molecular formula is C64H107N5O45. The predicted molar refractivity (Wildman–Crippen MR) is 354 cm³/mol. The summed E-state index contributed by atoms with van der Waals surface area (Å²) in [6, 6.07) is -9.06. The average molecular weight is 1670 g/mol. The maximum absolute atomic E-state index is 13.2. The molecule has 0 radical (unpaired) electrons. The van der Waals surface area contributed by atoms with Crippen LogP contribution in [0, 0.1) is 0 Å². The number of carbonyl (C=O) groups is 5. The van der Waals surface area contributed by atoms with E-state index in [4.69, 9.17) is 80.5 Å². The van der Waals surface area contributed by atoms with E-state index in [0.29, 0.717) is 0 Å². The second kappa shape index (κ2) is 40.9. The molecule has 5 amide bonds. The third kappa shape index (κ3) is 21.0. The summed E-state index contributed by atoms with van der Waals surface area (Å²) >= 11 is 0. The minimum Gasteiger partial charge on any atom is -0.394 e. The number of hydrogen-bond donors (Lipinski definition) is 28. The Hall–Kier alpha value is -4.25. The van der Waals surface area contributed by atoms with Crippen LogP contribution in [0.15, 0.2) is 0 Å². The summed E-state index contributed by atoms with van der Waals surface area (Å²) < 4.78 is 102. The first-order valence-corrected chi connectivity index (χ1v) is 36.5. The van der Waals surface area contributed by atoms with Crippen molar-refractivity contribution in [3.8, 4) is 0 Å². The van der Waals surface area contributed by atoms with Crippen molar-refractivity contribution in [2.75, 3.05) is 52.9 Å². The average Bonchev–Trinajstić information content (AvgIpc) is 0.771. The van der Waals surface area contributed by atoms with Crippen molar-refractivity contribution in [1.29, 1.82) is 0 Å². The van der Waals surface area contributed by atoms with Crippen molar-refractivity contribution in [2.45, 2.75) is 318 Å². The predicted octanol–water partition coefficient (Wildman–Crippen LogP) is -18.9. The molecule has 658 valence electrons. The Balaban J connectivity index is 1.05. The summed E-state index contributed by atoms with van der Waals surface area (Å²) in [7, 11) is 0. The first kappa shape index (κ1) is 93.6. The van der Waals surface area contributed by atoms with Gasteiger partial charge in [0, 0.05) is 34.6 Å². The van der Waals surface area contributed by atoms with Gasteiger partial charge >= 0.3 is 0 Å². The van der Waals surface area contributed by atoms with Crippen LogP contribution in [0.3, 0.4) is 0 Å². The molecule has 9 aliphatic rings. The Labute approximate surface area is 646 Å². The molecule has 0 aromatic heterocycles. The van der Waals surface area contributed by atoms with Gasteiger partial charge in [0.05, 0.1) is 59.0 Å².